The van der Waals surface area contributed by atoms with E-state index in [1.165, 1.54) is 32.8 Å². The summed E-state index contributed by atoms with van der Waals surface area (Å²) < 4.78 is 30.2. The first-order chi connectivity index (χ1) is 47.7. The number of anilines is 4. The van der Waals surface area contributed by atoms with Gasteiger partial charge in [-0.1, -0.05) is 66.1 Å². The van der Waals surface area contributed by atoms with Gasteiger partial charge < -0.3 is 61.2 Å². The molecular formula is C75H81BrClN15O8. The van der Waals surface area contributed by atoms with E-state index in [1.54, 1.807) is 98.6 Å². The van der Waals surface area contributed by atoms with Crippen molar-refractivity contribution in [1.82, 2.24) is 50.4 Å². The molecule has 2 aliphatic carbocycles. The smallest absolute Gasteiger partial charge is 0.340 e. The standard InChI is InChI=1S/C27H25N5O2.C22H21N5O2.C13H15N3O3.C7H12ClNO.C5H4BrN.CH4/c1-16-24(17(2)34-32-16)19-14-20(25-21(15-19)30-26(31-25)18-8-7-9-18)27(33,22-10-3-5-12-28-22)23-11-4-6-13-29-23;1-13-20(14(2)29-27-13)15-11-16(21(24)17(23)12-15)22(28,18-7-3-5-9-25-18)19-8-4-6-10-26-19;1-6-11(7(2)19-16-6)8-4-9(13(17)18-3)12(15)10(14)5-8;1-2-10-7(9-8)6-4-3-5-6;6-5-3-1-2-4-7-5;/h3-6,10-15,18,33H,7-9H2,1-2H3,(H,30,31);3-12,28H,23-24H2,1-2H3;4-5H,14-15H2,1-3H3;6H,2-5H2,1H3;1-4H;1H4. The second-order valence-corrected chi connectivity index (χ2v) is 24.7. The molecule has 2 aliphatic rings. The van der Waals surface area contributed by atoms with Crippen LogP contribution in [-0.4, -0.2) is 86.2 Å². The van der Waals surface area contributed by atoms with Gasteiger partial charge in [0, 0.05) is 82.4 Å². The summed E-state index contributed by atoms with van der Waals surface area (Å²) >= 11 is 8.52. The molecule has 25 heteroatoms. The van der Waals surface area contributed by atoms with Crippen LogP contribution in [0.3, 0.4) is 0 Å². The maximum Gasteiger partial charge on any atom is 0.340 e. The number of hydrogen-bond acceptors (Lipinski definition) is 22. The largest absolute Gasteiger partial charge is 0.480 e. The van der Waals surface area contributed by atoms with Crippen molar-refractivity contribution < 1.29 is 38.1 Å². The van der Waals surface area contributed by atoms with E-state index in [2.05, 4.69) is 71.9 Å². The van der Waals surface area contributed by atoms with Crippen molar-refractivity contribution in [1.29, 1.82) is 0 Å². The van der Waals surface area contributed by atoms with Gasteiger partial charge in [-0.15, -0.1) is 4.51 Å². The predicted molar refractivity (Wildman–Crippen MR) is 392 cm³/mol. The van der Waals surface area contributed by atoms with Gasteiger partial charge in [-0.05, 0) is 204 Å². The topological polar surface area (TPSA) is 364 Å². The number of esters is 1. The Morgan fingerprint density at radius 2 is 1.02 bits per heavy atom. The van der Waals surface area contributed by atoms with Crippen LogP contribution in [0.1, 0.15) is 143 Å². The third kappa shape index (κ3) is 15.7. The molecule has 0 aliphatic heterocycles. The number of methoxy groups -OCH3 is 1. The zero-order valence-electron chi connectivity index (χ0n) is 56.0. The van der Waals surface area contributed by atoms with Crippen LogP contribution >= 0.6 is 27.7 Å². The van der Waals surface area contributed by atoms with Crippen LogP contribution in [0.5, 0.6) is 0 Å². The number of aryl methyl sites for hydroxylation is 6. The number of nitrogen functional groups attached to an aromatic ring is 4. The second-order valence-electron chi connectivity index (χ2n) is 23.7. The number of carbonyl (C=O) groups excluding carboxylic acids is 1. The Labute approximate surface area is 593 Å². The quantitative estimate of drug-likeness (QED) is 0.0185. The van der Waals surface area contributed by atoms with Crippen LogP contribution in [0.15, 0.2) is 181 Å². The number of hydrogen-bond donors (Lipinski definition) is 7. The van der Waals surface area contributed by atoms with Gasteiger partial charge in [-0.25, -0.2) is 14.8 Å². The Morgan fingerprint density at radius 1 is 0.600 bits per heavy atom. The number of nitrogens with zero attached hydrogens (tertiary/aromatic N) is 10. The first-order valence-electron chi connectivity index (χ1n) is 32.0. The van der Waals surface area contributed by atoms with Crippen LogP contribution < -0.4 is 22.9 Å². The fourth-order valence-corrected chi connectivity index (χ4v) is 12.3. The van der Waals surface area contributed by atoms with Crippen molar-refractivity contribution in [2.24, 2.45) is 10.4 Å². The number of pyridine rings is 5. The fourth-order valence-electron chi connectivity index (χ4n) is 11.8. The number of fused-ring (bicyclic) bond motifs is 1. The summed E-state index contributed by atoms with van der Waals surface area (Å²) in [4.78, 5) is 42.0. The first-order valence-corrected chi connectivity index (χ1v) is 33.1. The van der Waals surface area contributed by atoms with Crippen LogP contribution in [0, 0.1) is 47.5 Å². The number of H-pyrrole nitrogens is 1. The SMILES string of the molecule is Brc1ccccn1.C.CCOC(=NCl)C1CCC1.COC(=O)c1cc(-c2c(C)noc2C)cc(N)c1N.Cc1noc(C)c1-c1cc(C(O)(c2ccccn2)c2ccccn2)c2nc(C3CCC3)[nH]c2c1.Cc1noc(C)c1-c1cc(N)c(N)c(C(O)(c2ccccn2)c2ccccn2)c1. The van der Waals surface area contributed by atoms with E-state index < -0.39 is 17.2 Å². The van der Waals surface area contributed by atoms with Gasteiger partial charge in [-0.3, -0.25) is 19.9 Å². The molecule has 0 spiro atoms. The number of imidazole rings is 1. The minimum absolute atomic E-state index is 0. The predicted octanol–water partition coefficient (Wildman–Crippen LogP) is 15.1. The van der Waals surface area contributed by atoms with Gasteiger partial charge in [0.05, 0.1) is 92.9 Å². The van der Waals surface area contributed by atoms with Crippen molar-refractivity contribution in [2.75, 3.05) is 36.7 Å². The molecule has 2 fully saturated rings. The van der Waals surface area contributed by atoms with Gasteiger partial charge in [0.25, 0.3) is 0 Å². The number of nitrogens with one attached hydrogen (secondary N) is 1. The van der Waals surface area contributed by atoms with Crippen LogP contribution in [0.4, 0.5) is 22.7 Å². The molecule has 0 saturated heterocycles. The molecule has 0 atom stereocenters. The molecule has 12 aromatic rings. The van der Waals surface area contributed by atoms with Crippen LogP contribution in [-0.2, 0) is 20.7 Å². The highest BCUT2D eigenvalue weighted by Gasteiger charge is 2.42. The Bertz CT molecular complexity index is 4600. The molecule has 518 valence electrons. The van der Waals surface area contributed by atoms with E-state index in [0.29, 0.717) is 75.2 Å². The highest BCUT2D eigenvalue weighted by molar-refractivity contribution is 9.10. The maximum atomic E-state index is 12.5. The van der Waals surface area contributed by atoms with Crippen molar-refractivity contribution in [2.45, 2.75) is 112 Å². The normalized spacial score (nSPS) is 12.9. The molecule has 0 bridgehead atoms. The molecule has 11 N–H and O–H groups in total. The maximum absolute atomic E-state index is 12.5. The molecule has 0 unspecified atom stereocenters. The fraction of sp³-hybridized carbons (Fsp3) is 0.267. The van der Waals surface area contributed by atoms with Gasteiger partial charge in [0.1, 0.15) is 27.7 Å². The summed E-state index contributed by atoms with van der Waals surface area (Å²) in [5.74, 6) is 4.11. The number of carbonyl (C=O) groups is 1. The van der Waals surface area contributed by atoms with E-state index in [9.17, 15) is 15.0 Å². The van der Waals surface area contributed by atoms with Crippen LogP contribution in [0.25, 0.3) is 44.4 Å². The summed E-state index contributed by atoms with van der Waals surface area (Å²) in [5, 5.41) is 36.5. The lowest BCUT2D eigenvalue weighted by Gasteiger charge is -2.30. The number of ether oxygens (including phenoxy) is 2. The number of aliphatic hydroxyl groups is 2. The van der Waals surface area contributed by atoms with Crippen molar-refractivity contribution in [3.8, 4) is 33.4 Å². The Balaban J connectivity index is 0.000000159. The molecular weight excluding hydrogens is 1350 g/mol. The second kappa shape index (κ2) is 32.8. The van der Waals surface area contributed by atoms with E-state index in [4.69, 9.17) is 62.7 Å². The average molecular weight is 1440 g/mol. The number of aromatic nitrogens is 10. The van der Waals surface area contributed by atoms with Crippen LogP contribution in [0.2, 0.25) is 0 Å². The lowest BCUT2D eigenvalue weighted by Crippen LogP contribution is -2.32. The number of rotatable bonds is 13. The number of halogens is 2. The minimum Gasteiger partial charge on any atom is -0.480 e. The Kier molecular flexibility index (Phi) is 24.1. The average Bonchev–Trinajstić information content (AvgIpc) is 1.30. The lowest BCUT2D eigenvalue weighted by atomic mass is 9.83. The zero-order valence-corrected chi connectivity index (χ0v) is 58.3. The van der Waals surface area contributed by atoms with Crippen molar-refractivity contribution in [3.05, 3.63) is 243 Å². The summed E-state index contributed by atoms with van der Waals surface area (Å²) in [5.41, 5.74) is 33.8. The lowest BCUT2D eigenvalue weighted by molar-refractivity contribution is 0.0602. The molecule has 23 nitrogen and oxygen atoms in total. The first kappa shape index (κ1) is 73.6. The van der Waals surface area contributed by atoms with E-state index in [0.717, 1.165) is 96.4 Å². The summed E-state index contributed by atoms with van der Waals surface area (Å²) in [7, 11) is 1.29. The Morgan fingerprint density at radius 3 is 1.37 bits per heavy atom. The molecule has 0 amide bonds. The minimum atomic E-state index is -1.70. The van der Waals surface area contributed by atoms with Crippen molar-refractivity contribution in [3.63, 3.8) is 0 Å². The van der Waals surface area contributed by atoms with Gasteiger partial charge in [0.15, 0.2) is 11.2 Å². The van der Waals surface area contributed by atoms with Crippen molar-refractivity contribution >= 4 is 73.4 Å². The molecule has 100 heavy (non-hydrogen) atoms. The number of benzene rings is 3. The Hall–Kier alpha value is -10.7. The highest BCUT2D eigenvalue weighted by Crippen LogP contribution is 2.45. The summed E-state index contributed by atoms with van der Waals surface area (Å²) in [6.07, 6.45) is 15.4. The van der Waals surface area contributed by atoms with E-state index in [1.807, 2.05) is 102 Å². The monoisotopic (exact) mass is 1430 g/mol. The molecule has 9 aromatic heterocycles. The highest BCUT2D eigenvalue weighted by atomic mass is 79.9. The summed E-state index contributed by atoms with van der Waals surface area (Å²) in [6, 6.07) is 38.3. The van der Waals surface area contributed by atoms with E-state index >= 15 is 0 Å². The number of nitrogens with two attached hydrogens (primary N) is 4. The van der Waals surface area contributed by atoms with E-state index in [-0.39, 0.29) is 24.4 Å². The molecule has 0 radical (unpaired) electrons. The molecule has 2 saturated carbocycles. The summed E-state index contributed by atoms with van der Waals surface area (Å²) in [6.45, 7) is 13.7. The zero-order chi connectivity index (χ0) is 70.5. The third-order valence-corrected chi connectivity index (χ3v) is 17.9. The molecule has 14 rings (SSSR count). The number of aromatic amines is 1. The van der Waals surface area contributed by atoms with Gasteiger partial charge in [-0.2, -0.15) is 0 Å². The van der Waals surface area contributed by atoms with Gasteiger partial charge in [0.2, 0.25) is 5.90 Å². The van der Waals surface area contributed by atoms with Gasteiger partial charge >= 0.3 is 5.97 Å². The molecule has 3 aromatic carbocycles. The third-order valence-electron chi connectivity index (χ3n) is 17.3. The molecule has 9 heterocycles.